The van der Waals surface area contributed by atoms with E-state index in [-0.39, 0.29) is 17.6 Å². The van der Waals surface area contributed by atoms with Gasteiger partial charge in [0.05, 0.1) is 0 Å². The van der Waals surface area contributed by atoms with Gasteiger partial charge in [0.25, 0.3) is 0 Å². The summed E-state index contributed by atoms with van der Waals surface area (Å²) in [5.74, 6) is -0.890. The van der Waals surface area contributed by atoms with Gasteiger partial charge in [0.15, 0.2) is 5.82 Å². The molecule has 22 heavy (non-hydrogen) atoms. The fourth-order valence-electron chi connectivity index (χ4n) is 2.50. The van der Waals surface area contributed by atoms with Gasteiger partial charge in [-0.05, 0) is 5.56 Å². The van der Waals surface area contributed by atoms with Gasteiger partial charge in [0.1, 0.15) is 0 Å². The predicted molar refractivity (Wildman–Crippen MR) is 71.8 cm³/mol. The van der Waals surface area contributed by atoms with Gasteiger partial charge >= 0.3 is 6.18 Å². The van der Waals surface area contributed by atoms with Crippen molar-refractivity contribution in [3.05, 3.63) is 35.7 Å². The van der Waals surface area contributed by atoms with Crippen LogP contribution in [0.2, 0.25) is 0 Å². The van der Waals surface area contributed by atoms with E-state index >= 15 is 0 Å². The van der Waals surface area contributed by atoms with Crippen LogP contribution >= 0.6 is 0 Å². The van der Waals surface area contributed by atoms with Crippen molar-refractivity contribution in [2.45, 2.75) is 18.5 Å². The smallest absolute Gasteiger partial charge is 0.355 e. The molecule has 0 bridgehead atoms. The summed E-state index contributed by atoms with van der Waals surface area (Å²) in [5, 5.41) is 6.56. The third-order valence-electron chi connectivity index (χ3n) is 3.63. The van der Waals surface area contributed by atoms with Crippen molar-refractivity contribution in [3.8, 4) is 11.4 Å². The lowest BCUT2D eigenvalue weighted by atomic mass is 9.97. The molecule has 1 aliphatic rings. The average Bonchev–Trinajstić information content (AvgIpc) is 3.05. The highest BCUT2D eigenvalue weighted by atomic mass is 19.4. The molecule has 1 atom stereocenters. The van der Waals surface area contributed by atoms with Crippen LogP contribution in [0.5, 0.6) is 0 Å². The highest BCUT2D eigenvalue weighted by Crippen LogP contribution is 2.30. The standard InChI is InChI=1S/C14H13F3N4O/c1-21-13(14(15,16)17)19-12(20-21)9-4-2-8(3-5-9)10-6-11(22)18-7-10/h2-5,10H,6-7H2,1H3,(H,18,22). The average molecular weight is 310 g/mol. The fourth-order valence-corrected chi connectivity index (χ4v) is 2.50. The molecule has 1 amide bonds. The van der Waals surface area contributed by atoms with Gasteiger partial charge in [-0.1, -0.05) is 24.3 Å². The molecule has 1 N–H and O–H groups in total. The first-order chi connectivity index (χ1) is 10.3. The Morgan fingerprint density at radius 3 is 2.45 bits per heavy atom. The van der Waals surface area contributed by atoms with Gasteiger partial charge < -0.3 is 5.32 Å². The highest BCUT2D eigenvalue weighted by molar-refractivity contribution is 5.79. The first kappa shape index (κ1) is 14.6. The van der Waals surface area contributed by atoms with Crippen LogP contribution in [0.1, 0.15) is 23.7 Å². The molecular formula is C14H13F3N4O. The van der Waals surface area contributed by atoms with Crippen LogP contribution in [0, 0.1) is 0 Å². The number of aromatic nitrogens is 3. The molecule has 1 fully saturated rings. The number of hydrogen-bond donors (Lipinski definition) is 1. The Kier molecular flexibility index (Phi) is 3.38. The van der Waals surface area contributed by atoms with Crippen LogP contribution in [0.15, 0.2) is 24.3 Å². The van der Waals surface area contributed by atoms with Crippen molar-refractivity contribution in [2.24, 2.45) is 7.05 Å². The summed E-state index contributed by atoms with van der Waals surface area (Å²) in [5.41, 5.74) is 1.47. The Labute approximate surface area is 124 Å². The van der Waals surface area contributed by atoms with E-state index in [1.54, 1.807) is 24.3 Å². The topological polar surface area (TPSA) is 59.8 Å². The van der Waals surface area contributed by atoms with Crippen molar-refractivity contribution >= 4 is 5.91 Å². The van der Waals surface area contributed by atoms with E-state index in [0.29, 0.717) is 18.5 Å². The number of nitrogens with one attached hydrogen (secondary N) is 1. The van der Waals surface area contributed by atoms with Gasteiger partial charge in [-0.2, -0.15) is 18.3 Å². The Bertz CT molecular complexity index is 706. The van der Waals surface area contributed by atoms with Gasteiger partial charge in [-0.3, -0.25) is 4.79 Å². The number of carbonyl (C=O) groups excluding carboxylic acids is 1. The van der Waals surface area contributed by atoms with E-state index in [1.807, 2.05) is 0 Å². The third kappa shape index (κ3) is 2.68. The molecule has 1 saturated heterocycles. The minimum atomic E-state index is -4.53. The fraction of sp³-hybridized carbons (Fsp3) is 0.357. The number of hydrogen-bond acceptors (Lipinski definition) is 3. The highest BCUT2D eigenvalue weighted by Gasteiger charge is 2.37. The third-order valence-corrected chi connectivity index (χ3v) is 3.63. The van der Waals surface area contributed by atoms with Gasteiger partial charge in [0.2, 0.25) is 11.7 Å². The molecule has 3 rings (SSSR count). The summed E-state index contributed by atoms with van der Waals surface area (Å²) in [6, 6.07) is 6.94. The number of halogens is 3. The second-order valence-electron chi connectivity index (χ2n) is 5.21. The summed E-state index contributed by atoms with van der Waals surface area (Å²) in [4.78, 5) is 14.8. The number of aryl methyl sites for hydroxylation is 1. The molecule has 2 heterocycles. The summed E-state index contributed by atoms with van der Waals surface area (Å²) >= 11 is 0. The Morgan fingerprint density at radius 2 is 1.95 bits per heavy atom. The maximum absolute atomic E-state index is 12.7. The number of rotatable bonds is 2. The van der Waals surface area contributed by atoms with Crippen molar-refractivity contribution < 1.29 is 18.0 Å². The minimum absolute atomic E-state index is 0.00953. The monoisotopic (exact) mass is 310 g/mol. The number of amides is 1. The molecule has 8 heteroatoms. The number of carbonyl (C=O) groups is 1. The summed E-state index contributed by atoms with van der Waals surface area (Å²) in [6.07, 6.45) is -4.10. The number of alkyl halides is 3. The lowest BCUT2D eigenvalue weighted by molar-refractivity contribution is -0.147. The van der Waals surface area contributed by atoms with E-state index in [2.05, 4.69) is 15.4 Å². The van der Waals surface area contributed by atoms with Crippen LogP contribution in [0.25, 0.3) is 11.4 Å². The zero-order valence-electron chi connectivity index (χ0n) is 11.7. The summed E-state index contributed by atoms with van der Waals surface area (Å²) in [6.45, 7) is 0.582. The van der Waals surface area contributed by atoms with Gasteiger partial charge in [-0.25, -0.2) is 9.67 Å². The predicted octanol–water partition coefficient (Wildman–Crippen LogP) is 2.10. The zero-order valence-corrected chi connectivity index (χ0v) is 11.7. The quantitative estimate of drug-likeness (QED) is 0.924. The molecule has 116 valence electrons. The van der Waals surface area contributed by atoms with E-state index in [4.69, 9.17) is 0 Å². The van der Waals surface area contributed by atoms with Gasteiger partial charge in [0, 0.05) is 31.5 Å². The molecule has 1 aromatic heterocycles. The molecule has 1 aliphatic heterocycles. The normalized spacial score (nSPS) is 18.5. The van der Waals surface area contributed by atoms with Crippen molar-refractivity contribution in [1.82, 2.24) is 20.1 Å². The summed E-state index contributed by atoms with van der Waals surface area (Å²) < 4.78 is 38.9. The maximum atomic E-state index is 12.7. The van der Waals surface area contributed by atoms with Crippen LogP contribution in [-0.2, 0) is 18.0 Å². The molecule has 2 aromatic rings. The lowest BCUT2D eigenvalue weighted by Crippen LogP contribution is -2.13. The Morgan fingerprint density at radius 1 is 1.27 bits per heavy atom. The molecule has 0 radical (unpaired) electrons. The van der Waals surface area contributed by atoms with Crippen molar-refractivity contribution in [1.29, 1.82) is 0 Å². The molecule has 0 spiro atoms. The van der Waals surface area contributed by atoms with E-state index in [0.717, 1.165) is 10.2 Å². The Hall–Kier alpha value is -2.38. The van der Waals surface area contributed by atoms with Crippen molar-refractivity contribution in [3.63, 3.8) is 0 Å². The van der Waals surface area contributed by atoms with E-state index in [1.165, 1.54) is 7.05 Å². The zero-order chi connectivity index (χ0) is 15.9. The molecule has 0 aliphatic carbocycles. The van der Waals surface area contributed by atoms with Crippen LogP contribution < -0.4 is 5.32 Å². The SMILES string of the molecule is Cn1nc(-c2ccc(C3CNC(=O)C3)cc2)nc1C(F)(F)F. The Balaban J connectivity index is 1.86. The van der Waals surface area contributed by atoms with Crippen LogP contribution in [0.4, 0.5) is 13.2 Å². The second-order valence-corrected chi connectivity index (χ2v) is 5.21. The number of benzene rings is 1. The van der Waals surface area contributed by atoms with E-state index < -0.39 is 12.0 Å². The largest absolute Gasteiger partial charge is 0.451 e. The minimum Gasteiger partial charge on any atom is -0.355 e. The molecular weight excluding hydrogens is 297 g/mol. The maximum Gasteiger partial charge on any atom is 0.451 e. The molecule has 5 nitrogen and oxygen atoms in total. The first-order valence-electron chi connectivity index (χ1n) is 6.70. The lowest BCUT2D eigenvalue weighted by Gasteiger charge is -2.07. The number of nitrogens with zero attached hydrogens (tertiary/aromatic N) is 3. The van der Waals surface area contributed by atoms with Crippen LogP contribution in [0.3, 0.4) is 0 Å². The first-order valence-corrected chi connectivity index (χ1v) is 6.70. The molecule has 0 saturated carbocycles. The molecule has 1 aromatic carbocycles. The molecule has 1 unspecified atom stereocenters. The summed E-state index contributed by atoms with van der Waals surface area (Å²) in [7, 11) is 1.21. The second kappa shape index (κ2) is 5.11. The van der Waals surface area contributed by atoms with Crippen molar-refractivity contribution in [2.75, 3.05) is 6.54 Å². The van der Waals surface area contributed by atoms with Gasteiger partial charge in [-0.15, -0.1) is 0 Å². The van der Waals surface area contributed by atoms with E-state index in [9.17, 15) is 18.0 Å². The van der Waals surface area contributed by atoms with Crippen LogP contribution in [-0.4, -0.2) is 27.2 Å².